The highest BCUT2D eigenvalue weighted by atomic mass is 16.6. The number of aliphatic imine (C=N–C) groups is 1. The molecule has 0 aromatic heterocycles. The molecular formula is C16H19NO4. The average Bonchev–Trinajstić information content (AvgIpc) is 2.93. The minimum atomic E-state index is -0.442. The van der Waals surface area contributed by atoms with Crippen LogP contribution < -0.4 is 9.47 Å². The maximum atomic E-state index is 10.8. The van der Waals surface area contributed by atoms with Crippen LogP contribution in [0.25, 0.3) is 0 Å². The second-order valence-electron chi connectivity index (χ2n) is 5.58. The number of carbonyl (C=O) groups excluding carboxylic acids is 1. The van der Waals surface area contributed by atoms with Crippen LogP contribution >= 0.6 is 0 Å². The second-order valence-corrected chi connectivity index (χ2v) is 5.58. The Morgan fingerprint density at radius 1 is 1.29 bits per heavy atom. The van der Waals surface area contributed by atoms with Gasteiger partial charge in [-0.05, 0) is 30.5 Å². The van der Waals surface area contributed by atoms with Crippen LogP contribution in [0.4, 0.5) is 0 Å². The van der Waals surface area contributed by atoms with E-state index >= 15 is 0 Å². The number of hydrogen-bond donors (Lipinski definition) is 0. The first-order valence-corrected chi connectivity index (χ1v) is 7.29. The van der Waals surface area contributed by atoms with E-state index in [1.54, 1.807) is 13.2 Å². The quantitative estimate of drug-likeness (QED) is 0.617. The zero-order valence-electron chi connectivity index (χ0n) is 12.1. The molecule has 1 saturated heterocycles. The summed E-state index contributed by atoms with van der Waals surface area (Å²) in [5.41, 5.74) is 0.557. The SMILES string of the molecule is COc1ccc(C2(N=C=O)CCCC2)cc1OC1COC1. The number of nitrogens with zero attached hydrogens (tertiary/aromatic N) is 1. The summed E-state index contributed by atoms with van der Waals surface area (Å²) in [5.74, 6) is 1.38. The molecule has 0 N–H and O–H groups in total. The van der Waals surface area contributed by atoms with E-state index in [1.165, 1.54) is 0 Å². The third-order valence-electron chi connectivity index (χ3n) is 4.29. The number of methoxy groups -OCH3 is 1. The van der Waals surface area contributed by atoms with Crippen molar-refractivity contribution in [3.8, 4) is 11.5 Å². The van der Waals surface area contributed by atoms with Crippen molar-refractivity contribution in [2.75, 3.05) is 20.3 Å². The molecule has 21 heavy (non-hydrogen) atoms. The Morgan fingerprint density at radius 2 is 2.05 bits per heavy atom. The largest absolute Gasteiger partial charge is 0.493 e. The Balaban J connectivity index is 1.94. The highest BCUT2D eigenvalue weighted by molar-refractivity contribution is 5.47. The van der Waals surface area contributed by atoms with Crippen molar-refractivity contribution in [3.05, 3.63) is 23.8 Å². The lowest BCUT2D eigenvalue weighted by atomic mass is 9.88. The van der Waals surface area contributed by atoms with Crippen molar-refractivity contribution in [2.24, 2.45) is 4.99 Å². The smallest absolute Gasteiger partial charge is 0.235 e. The third-order valence-corrected chi connectivity index (χ3v) is 4.29. The van der Waals surface area contributed by atoms with E-state index in [-0.39, 0.29) is 6.10 Å². The number of benzene rings is 1. The fourth-order valence-corrected chi connectivity index (χ4v) is 3.03. The molecule has 1 saturated carbocycles. The molecule has 112 valence electrons. The number of isocyanates is 1. The molecule has 3 rings (SSSR count). The lowest BCUT2D eigenvalue weighted by molar-refractivity contribution is -0.0803. The molecule has 2 aliphatic rings. The van der Waals surface area contributed by atoms with Crippen LogP contribution in [0.2, 0.25) is 0 Å². The van der Waals surface area contributed by atoms with Gasteiger partial charge in [-0.25, -0.2) is 4.79 Å². The van der Waals surface area contributed by atoms with Gasteiger partial charge in [0.15, 0.2) is 11.5 Å². The highest BCUT2D eigenvalue weighted by Crippen LogP contribution is 2.44. The van der Waals surface area contributed by atoms with Crippen molar-refractivity contribution < 1.29 is 19.0 Å². The Morgan fingerprint density at radius 3 is 2.62 bits per heavy atom. The maximum absolute atomic E-state index is 10.8. The lowest BCUT2D eigenvalue weighted by Gasteiger charge is -2.29. The molecule has 0 atom stereocenters. The van der Waals surface area contributed by atoms with E-state index in [9.17, 15) is 4.79 Å². The van der Waals surface area contributed by atoms with Gasteiger partial charge in [-0.1, -0.05) is 18.9 Å². The van der Waals surface area contributed by atoms with Crippen LogP contribution in [0.15, 0.2) is 23.2 Å². The van der Waals surface area contributed by atoms with Gasteiger partial charge >= 0.3 is 0 Å². The van der Waals surface area contributed by atoms with Crippen LogP contribution in [0.1, 0.15) is 31.2 Å². The predicted octanol–water partition coefficient (Wildman–Crippen LogP) is 2.58. The fraction of sp³-hybridized carbons (Fsp3) is 0.562. The molecule has 0 spiro atoms. The van der Waals surface area contributed by atoms with Crippen molar-refractivity contribution in [3.63, 3.8) is 0 Å². The first-order chi connectivity index (χ1) is 10.3. The fourth-order valence-electron chi connectivity index (χ4n) is 3.03. The monoisotopic (exact) mass is 289 g/mol. The Hall–Kier alpha value is -1.84. The van der Waals surface area contributed by atoms with Crippen LogP contribution in [0, 0.1) is 0 Å². The van der Waals surface area contributed by atoms with Gasteiger partial charge in [0.2, 0.25) is 6.08 Å². The molecule has 5 heteroatoms. The molecule has 1 aliphatic carbocycles. The minimum Gasteiger partial charge on any atom is -0.493 e. The zero-order valence-corrected chi connectivity index (χ0v) is 12.1. The molecule has 1 aliphatic heterocycles. The van der Waals surface area contributed by atoms with Crippen molar-refractivity contribution >= 4 is 6.08 Å². The maximum Gasteiger partial charge on any atom is 0.235 e. The molecule has 5 nitrogen and oxygen atoms in total. The zero-order chi connectivity index (χ0) is 14.7. The van der Waals surface area contributed by atoms with Gasteiger partial charge in [-0.3, -0.25) is 0 Å². The Labute approximate surface area is 123 Å². The minimum absolute atomic E-state index is 0.0725. The molecule has 0 bridgehead atoms. The molecule has 0 amide bonds. The van der Waals surface area contributed by atoms with Gasteiger partial charge in [-0.2, -0.15) is 4.99 Å². The topological polar surface area (TPSA) is 57.1 Å². The van der Waals surface area contributed by atoms with E-state index in [0.29, 0.717) is 24.7 Å². The lowest BCUT2D eigenvalue weighted by Crippen LogP contribution is -2.38. The third kappa shape index (κ3) is 2.67. The van der Waals surface area contributed by atoms with Gasteiger partial charge < -0.3 is 14.2 Å². The van der Waals surface area contributed by atoms with Crippen LogP contribution in [0.5, 0.6) is 11.5 Å². The van der Waals surface area contributed by atoms with Gasteiger partial charge in [-0.15, -0.1) is 0 Å². The van der Waals surface area contributed by atoms with E-state index in [0.717, 1.165) is 31.2 Å². The summed E-state index contributed by atoms with van der Waals surface area (Å²) >= 11 is 0. The summed E-state index contributed by atoms with van der Waals surface area (Å²) in [4.78, 5) is 14.9. The van der Waals surface area contributed by atoms with E-state index in [1.807, 2.05) is 18.2 Å². The van der Waals surface area contributed by atoms with E-state index < -0.39 is 5.54 Å². The standard InChI is InChI=1S/C16H19NO4/c1-19-14-5-4-12(8-15(14)21-13-9-20-10-13)16(17-11-18)6-2-3-7-16/h4-5,8,13H,2-3,6-7,9-10H2,1H3. The van der Waals surface area contributed by atoms with Crippen LogP contribution in [-0.4, -0.2) is 32.5 Å². The second kappa shape index (κ2) is 5.88. The molecule has 1 aromatic carbocycles. The van der Waals surface area contributed by atoms with Crippen molar-refractivity contribution in [1.82, 2.24) is 0 Å². The van der Waals surface area contributed by atoms with E-state index in [2.05, 4.69) is 4.99 Å². The molecule has 2 fully saturated rings. The number of rotatable bonds is 5. The molecule has 1 aromatic rings. The van der Waals surface area contributed by atoms with Gasteiger partial charge in [0, 0.05) is 0 Å². The molecular weight excluding hydrogens is 270 g/mol. The Kier molecular flexibility index (Phi) is 3.95. The summed E-state index contributed by atoms with van der Waals surface area (Å²) in [6.07, 6.45) is 5.71. The van der Waals surface area contributed by atoms with Crippen molar-refractivity contribution in [2.45, 2.75) is 37.3 Å². The van der Waals surface area contributed by atoms with Gasteiger partial charge in [0.25, 0.3) is 0 Å². The normalized spacial score (nSPS) is 20.4. The van der Waals surface area contributed by atoms with Crippen LogP contribution in [-0.2, 0) is 15.1 Å². The number of ether oxygens (including phenoxy) is 3. The van der Waals surface area contributed by atoms with E-state index in [4.69, 9.17) is 14.2 Å². The predicted molar refractivity (Wildman–Crippen MR) is 76.5 cm³/mol. The van der Waals surface area contributed by atoms with Crippen molar-refractivity contribution in [1.29, 1.82) is 0 Å². The summed E-state index contributed by atoms with van der Waals surface area (Å²) in [6, 6.07) is 5.79. The summed E-state index contributed by atoms with van der Waals surface area (Å²) < 4.78 is 16.4. The molecule has 0 unspecified atom stereocenters. The van der Waals surface area contributed by atoms with Crippen LogP contribution in [0.3, 0.4) is 0 Å². The average molecular weight is 289 g/mol. The highest BCUT2D eigenvalue weighted by Gasteiger charge is 2.36. The summed E-state index contributed by atoms with van der Waals surface area (Å²) in [5, 5.41) is 0. The first kappa shape index (κ1) is 14.1. The molecule has 0 radical (unpaired) electrons. The molecule has 1 heterocycles. The van der Waals surface area contributed by atoms with Gasteiger partial charge in [0.1, 0.15) is 6.10 Å². The summed E-state index contributed by atoms with van der Waals surface area (Å²) in [6.45, 7) is 1.20. The first-order valence-electron chi connectivity index (χ1n) is 7.29. The Bertz CT molecular complexity index is 555. The summed E-state index contributed by atoms with van der Waals surface area (Å²) in [7, 11) is 1.62. The van der Waals surface area contributed by atoms with Gasteiger partial charge in [0.05, 0.1) is 25.9 Å². The number of hydrogen-bond acceptors (Lipinski definition) is 5.